The second-order valence-electron chi connectivity index (χ2n) is 5.02. The van der Waals surface area contributed by atoms with E-state index in [0.29, 0.717) is 28.8 Å². The van der Waals surface area contributed by atoms with Gasteiger partial charge in [0.1, 0.15) is 6.07 Å². The molecule has 7 heteroatoms. The number of halogens is 2. The molecule has 116 valence electrons. The number of carbonyl (C=O) groups excluding carboxylic acids is 1. The zero-order valence-electron chi connectivity index (χ0n) is 12.0. The Morgan fingerprint density at radius 1 is 1.18 bits per heavy atom. The standard InChI is InChI=1S/C15H16Cl2N4O/c16-12-6-5-11(9-13(12)17)19-20-14(10-18)15(22)21-7-3-1-2-4-8-21/h5-6,9,19H,1-4,7-8H2/b20-14+. The molecule has 22 heavy (non-hydrogen) atoms. The third-order valence-corrected chi connectivity index (χ3v) is 4.16. The number of rotatable bonds is 3. The third-order valence-electron chi connectivity index (χ3n) is 3.42. The van der Waals surface area contributed by atoms with Gasteiger partial charge in [0.2, 0.25) is 5.71 Å². The average molecular weight is 339 g/mol. The van der Waals surface area contributed by atoms with E-state index in [9.17, 15) is 4.79 Å². The molecule has 1 aliphatic rings. The fourth-order valence-corrected chi connectivity index (χ4v) is 2.53. The van der Waals surface area contributed by atoms with Crippen molar-refractivity contribution in [3.63, 3.8) is 0 Å². The maximum Gasteiger partial charge on any atom is 0.285 e. The Hall–Kier alpha value is -1.77. The van der Waals surface area contributed by atoms with Gasteiger partial charge in [0.15, 0.2) is 0 Å². The van der Waals surface area contributed by atoms with Gasteiger partial charge in [0.25, 0.3) is 5.91 Å². The average Bonchev–Trinajstić information content (AvgIpc) is 2.80. The predicted molar refractivity (Wildman–Crippen MR) is 88.2 cm³/mol. The molecule has 0 spiro atoms. The van der Waals surface area contributed by atoms with Gasteiger partial charge in [-0.3, -0.25) is 10.2 Å². The lowest BCUT2D eigenvalue weighted by molar-refractivity contribution is -0.123. The molecule has 1 aliphatic heterocycles. The number of nitriles is 1. The fourth-order valence-electron chi connectivity index (χ4n) is 2.23. The number of hydrazone groups is 1. The number of hydrogen-bond donors (Lipinski definition) is 1. The van der Waals surface area contributed by atoms with E-state index in [1.54, 1.807) is 23.1 Å². The van der Waals surface area contributed by atoms with Gasteiger partial charge in [-0.25, -0.2) is 0 Å². The summed E-state index contributed by atoms with van der Waals surface area (Å²) >= 11 is 11.7. The Labute approximate surface area is 139 Å². The lowest BCUT2D eigenvalue weighted by Crippen LogP contribution is -2.37. The molecule has 1 aromatic rings. The summed E-state index contributed by atoms with van der Waals surface area (Å²) in [5.74, 6) is -0.336. The maximum atomic E-state index is 12.3. The highest BCUT2D eigenvalue weighted by Crippen LogP contribution is 2.25. The van der Waals surface area contributed by atoms with Crippen LogP contribution in [0.3, 0.4) is 0 Å². The normalized spacial score (nSPS) is 15.9. The van der Waals surface area contributed by atoms with Crippen LogP contribution in [-0.2, 0) is 4.79 Å². The molecular formula is C15H16Cl2N4O. The highest BCUT2D eigenvalue weighted by Gasteiger charge is 2.20. The largest absolute Gasteiger partial charge is 0.337 e. The first-order chi connectivity index (χ1) is 10.6. The maximum absolute atomic E-state index is 12.3. The summed E-state index contributed by atoms with van der Waals surface area (Å²) in [6.45, 7) is 1.35. The highest BCUT2D eigenvalue weighted by molar-refractivity contribution is 6.45. The van der Waals surface area contributed by atoms with Crippen LogP contribution in [0.1, 0.15) is 25.7 Å². The second kappa shape index (κ2) is 8.02. The first kappa shape index (κ1) is 16.6. The second-order valence-corrected chi connectivity index (χ2v) is 5.83. The Balaban J connectivity index is 2.07. The van der Waals surface area contributed by atoms with Crippen molar-refractivity contribution < 1.29 is 4.79 Å². The Bertz CT molecular complexity index is 616. The monoisotopic (exact) mass is 338 g/mol. The lowest BCUT2D eigenvalue weighted by atomic mass is 10.2. The van der Waals surface area contributed by atoms with Crippen LogP contribution in [-0.4, -0.2) is 29.6 Å². The Morgan fingerprint density at radius 2 is 1.86 bits per heavy atom. The first-order valence-electron chi connectivity index (χ1n) is 7.10. The van der Waals surface area contributed by atoms with Crippen LogP contribution in [0.4, 0.5) is 5.69 Å². The van der Waals surface area contributed by atoms with E-state index in [4.69, 9.17) is 28.5 Å². The molecule has 0 aromatic heterocycles. The van der Waals surface area contributed by atoms with E-state index in [0.717, 1.165) is 25.7 Å². The number of anilines is 1. The van der Waals surface area contributed by atoms with E-state index >= 15 is 0 Å². The minimum atomic E-state index is -0.336. The van der Waals surface area contributed by atoms with Gasteiger partial charge in [-0.15, -0.1) is 0 Å². The number of likely N-dealkylation sites (tertiary alicyclic amines) is 1. The zero-order chi connectivity index (χ0) is 15.9. The van der Waals surface area contributed by atoms with E-state index in [-0.39, 0.29) is 11.6 Å². The summed E-state index contributed by atoms with van der Waals surface area (Å²) in [6.07, 6.45) is 4.16. The molecule has 1 N–H and O–H groups in total. The first-order valence-corrected chi connectivity index (χ1v) is 7.85. The molecule has 0 bridgehead atoms. The van der Waals surface area contributed by atoms with Gasteiger partial charge in [0.05, 0.1) is 15.7 Å². The van der Waals surface area contributed by atoms with E-state index < -0.39 is 0 Å². The molecule has 1 amide bonds. The van der Waals surface area contributed by atoms with Crippen LogP contribution >= 0.6 is 23.2 Å². The smallest absolute Gasteiger partial charge is 0.285 e. The van der Waals surface area contributed by atoms with Crippen LogP contribution in [0.25, 0.3) is 0 Å². The quantitative estimate of drug-likeness (QED) is 0.675. The van der Waals surface area contributed by atoms with Crippen LogP contribution < -0.4 is 5.43 Å². The van der Waals surface area contributed by atoms with Crippen molar-refractivity contribution in [2.75, 3.05) is 18.5 Å². The molecule has 1 aromatic carbocycles. The SMILES string of the molecule is N#C/C(=N\Nc1ccc(Cl)c(Cl)c1)C(=O)N1CCCCCC1. The van der Waals surface area contributed by atoms with Gasteiger partial charge in [-0.1, -0.05) is 36.0 Å². The van der Waals surface area contributed by atoms with Gasteiger partial charge < -0.3 is 4.90 Å². The third kappa shape index (κ3) is 4.36. The van der Waals surface area contributed by atoms with Crippen molar-refractivity contribution in [2.24, 2.45) is 5.10 Å². The van der Waals surface area contributed by atoms with Crippen molar-refractivity contribution in [1.29, 1.82) is 5.26 Å². The van der Waals surface area contributed by atoms with Crippen LogP contribution in [0.5, 0.6) is 0 Å². The Kier molecular flexibility index (Phi) is 6.05. The number of amides is 1. The molecule has 1 fully saturated rings. The minimum Gasteiger partial charge on any atom is -0.337 e. The van der Waals surface area contributed by atoms with Crippen molar-refractivity contribution in [1.82, 2.24) is 4.90 Å². The summed E-state index contributed by atoms with van der Waals surface area (Å²) in [7, 11) is 0. The summed E-state index contributed by atoms with van der Waals surface area (Å²) in [5.41, 5.74) is 3.08. The summed E-state index contributed by atoms with van der Waals surface area (Å²) in [4.78, 5) is 14.0. The topological polar surface area (TPSA) is 68.5 Å². The summed E-state index contributed by atoms with van der Waals surface area (Å²) < 4.78 is 0. The van der Waals surface area contributed by atoms with Gasteiger partial charge >= 0.3 is 0 Å². The van der Waals surface area contributed by atoms with Gasteiger partial charge in [0, 0.05) is 13.1 Å². The molecule has 0 aliphatic carbocycles. The van der Waals surface area contributed by atoms with Crippen molar-refractivity contribution in [3.8, 4) is 6.07 Å². The van der Waals surface area contributed by atoms with Gasteiger partial charge in [-0.05, 0) is 31.0 Å². The molecular weight excluding hydrogens is 323 g/mol. The number of benzene rings is 1. The van der Waals surface area contributed by atoms with Crippen LogP contribution in [0, 0.1) is 11.3 Å². The molecule has 1 heterocycles. The highest BCUT2D eigenvalue weighted by atomic mass is 35.5. The molecule has 0 unspecified atom stereocenters. The van der Waals surface area contributed by atoms with Crippen LogP contribution in [0.2, 0.25) is 10.0 Å². The van der Waals surface area contributed by atoms with Gasteiger partial charge in [-0.2, -0.15) is 10.4 Å². The van der Waals surface area contributed by atoms with Crippen molar-refractivity contribution in [2.45, 2.75) is 25.7 Å². The fraction of sp³-hybridized carbons (Fsp3) is 0.400. The predicted octanol–water partition coefficient (Wildman–Crippen LogP) is 3.69. The molecule has 5 nitrogen and oxygen atoms in total. The summed E-state index contributed by atoms with van der Waals surface area (Å²) in [6, 6.07) is 6.72. The molecule has 0 atom stereocenters. The number of carbonyl (C=O) groups is 1. The molecule has 0 radical (unpaired) electrons. The number of hydrogen-bond acceptors (Lipinski definition) is 4. The molecule has 2 rings (SSSR count). The lowest BCUT2D eigenvalue weighted by Gasteiger charge is -2.18. The van der Waals surface area contributed by atoms with Crippen LogP contribution in [0.15, 0.2) is 23.3 Å². The van der Waals surface area contributed by atoms with E-state index in [1.165, 1.54) is 0 Å². The van der Waals surface area contributed by atoms with E-state index in [1.807, 2.05) is 6.07 Å². The minimum absolute atomic E-state index is 0.159. The zero-order valence-corrected chi connectivity index (χ0v) is 13.5. The molecule has 1 saturated heterocycles. The number of nitrogens with one attached hydrogen (secondary N) is 1. The van der Waals surface area contributed by atoms with E-state index in [2.05, 4.69) is 10.5 Å². The summed E-state index contributed by atoms with van der Waals surface area (Å²) in [5, 5.41) is 13.9. The molecule has 0 saturated carbocycles. The van der Waals surface area contributed by atoms with Crippen molar-refractivity contribution >= 4 is 40.5 Å². The van der Waals surface area contributed by atoms with Crippen molar-refractivity contribution in [3.05, 3.63) is 28.2 Å². The Morgan fingerprint density at radius 3 is 2.45 bits per heavy atom. The number of nitrogens with zero attached hydrogens (tertiary/aromatic N) is 3.